The Morgan fingerprint density at radius 2 is 2.06 bits per heavy atom. The lowest BCUT2D eigenvalue weighted by Crippen LogP contribution is -2.43. The van der Waals surface area contributed by atoms with Crippen LogP contribution in [0.3, 0.4) is 0 Å². The molecule has 1 aromatic rings. The molecule has 0 bridgehead atoms. The van der Waals surface area contributed by atoms with Gasteiger partial charge in [0.1, 0.15) is 0 Å². The molecule has 0 spiro atoms. The Kier molecular flexibility index (Phi) is 2.65. The minimum Gasteiger partial charge on any atom is -0.366 e. The third-order valence-corrected chi connectivity index (χ3v) is 3.69. The van der Waals surface area contributed by atoms with E-state index in [1.807, 2.05) is 12.1 Å². The van der Waals surface area contributed by atoms with E-state index in [1.54, 1.807) is 0 Å². The number of benzene rings is 1. The fourth-order valence-electron chi connectivity index (χ4n) is 2.60. The standard InChI is InChI=1S/C12H16ClN3/c13-9-1-2-12-11(7-9)15-8-16(12)10-3-5-14-6-4-10/h1-2,7,10,14-15H,3-6,8H2. The smallest absolute Gasteiger partial charge is 0.0880 e. The Morgan fingerprint density at radius 3 is 2.88 bits per heavy atom. The molecule has 1 fully saturated rings. The fourth-order valence-corrected chi connectivity index (χ4v) is 2.77. The monoisotopic (exact) mass is 237 g/mol. The van der Waals surface area contributed by atoms with Gasteiger partial charge in [0.25, 0.3) is 0 Å². The van der Waals surface area contributed by atoms with Crippen molar-refractivity contribution < 1.29 is 0 Å². The predicted octanol–water partition coefficient (Wildman–Crippen LogP) is 2.28. The Hall–Kier alpha value is -0.930. The van der Waals surface area contributed by atoms with Crippen molar-refractivity contribution in [3.63, 3.8) is 0 Å². The average Bonchev–Trinajstić information content (AvgIpc) is 2.73. The number of hydrogen-bond acceptors (Lipinski definition) is 3. The van der Waals surface area contributed by atoms with Crippen molar-refractivity contribution in [1.82, 2.24) is 5.32 Å². The minimum atomic E-state index is 0.663. The second-order valence-electron chi connectivity index (χ2n) is 4.45. The summed E-state index contributed by atoms with van der Waals surface area (Å²) in [5, 5.41) is 7.62. The fraction of sp³-hybridized carbons (Fsp3) is 0.500. The van der Waals surface area contributed by atoms with Crippen molar-refractivity contribution in [3.05, 3.63) is 23.2 Å². The lowest BCUT2D eigenvalue weighted by atomic mass is 10.0. The molecule has 2 heterocycles. The van der Waals surface area contributed by atoms with E-state index in [2.05, 4.69) is 21.6 Å². The summed E-state index contributed by atoms with van der Waals surface area (Å²) in [5.74, 6) is 0. The Bertz CT molecular complexity index is 388. The third kappa shape index (κ3) is 1.74. The van der Waals surface area contributed by atoms with Crippen LogP contribution in [-0.4, -0.2) is 25.8 Å². The van der Waals surface area contributed by atoms with Crippen molar-refractivity contribution in [2.75, 3.05) is 30.0 Å². The Labute approximate surface area is 101 Å². The summed E-state index contributed by atoms with van der Waals surface area (Å²) < 4.78 is 0. The maximum Gasteiger partial charge on any atom is 0.0880 e. The molecule has 2 N–H and O–H groups in total. The number of nitrogens with one attached hydrogen (secondary N) is 2. The van der Waals surface area contributed by atoms with Crippen molar-refractivity contribution in [2.45, 2.75) is 18.9 Å². The molecule has 2 aliphatic heterocycles. The first-order chi connectivity index (χ1) is 7.84. The number of fused-ring (bicyclic) bond motifs is 1. The van der Waals surface area contributed by atoms with Crippen molar-refractivity contribution >= 4 is 23.0 Å². The van der Waals surface area contributed by atoms with Crippen molar-refractivity contribution in [2.24, 2.45) is 0 Å². The number of halogens is 1. The van der Waals surface area contributed by atoms with Crippen LogP contribution in [0.2, 0.25) is 5.02 Å². The molecule has 3 rings (SSSR count). The molecule has 1 saturated heterocycles. The van der Waals surface area contributed by atoms with Gasteiger partial charge in [-0.25, -0.2) is 0 Å². The van der Waals surface area contributed by atoms with Crippen LogP contribution < -0.4 is 15.5 Å². The molecule has 0 atom stereocenters. The van der Waals surface area contributed by atoms with Crippen LogP contribution >= 0.6 is 11.6 Å². The summed E-state index contributed by atoms with van der Waals surface area (Å²) in [4.78, 5) is 2.46. The lowest BCUT2D eigenvalue weighted by Gasteiger charge is -2.32. The van der Waals surface area contributed by atoms with E-state index in [1.165, 1.54) is 24.2 Å². The van der Waals surface area contributed by atoms with E-state index < -0.39 is 0 Å². The molecule has 1 aromatic carbocycles. The summed E-state index contributed by atoms with van der Waals surface area (Å²) in [5.41, 5.74) is 2.47. The van der Waals surface area contributed by atoms with Crippen LogP contribution in [0.1, 0.15) is 12.8 Å². The van der Waals surface area contributed by atoms with Crippen LogP contribution in [0.4, 0.5) is 11.4 Å². The first kappa shape index (κ1) is 10.2. The molecule has 86 valence electrons. The zero-order valence-corrected chi connectivity index (χ0v) is 9.93. The van der Waals surface area contributed by atoms with E-state index in [9.17, 15) is 0 Å². The minimum absolute atomic E-state index is 0.663. The first-order valence-corrected chi connectivity index (χ1v) is 6.23. The van der Waals surface area contributed by atoms with Crippen LogP contribution in [-0.2, 0) is 0 Å². The van der Waals surface area contributed by atoms with Gasteiger partial charge < -0.3 is 15.5 Å². The SMILES string of the molecule is Clc1ccc2c(c1)NCN2C1CCNCC1. The van der Waals surface area contributed by atoms with Gasteiger partial charge in [0.2, 0.25) is 0 Å². The van der Waals surface area contributed by atoms with Crippen LogP contribution in [0.15, 0.2) is 18.2 Å². The molecule has 0 saturated carbocycles. The number of anilines is 2. The van der Waals surface area contributed by atoms with Gasteiger partial charge in [0.05, 0.1) is 18.0 Å². The highest BCUT2D eigenvalue weighted by atomic mass is 35.5. The van der Waals surface area contributed by atoms with Crippen LogP contribution in [0.25, 0.3) is 0 Å². The number of rotatable bonds is 1. The maximum absolute atomic E-state index is 5.99. The quantitative estimate of drug-likeness (QED) is 0.785. The van der Waals surface area contributed by atoms with E-state index in [0.29, 0.717) is 6.04 Å². The van der Waals surface area contributed by atoms with Crippen LogP contribution in [0.5, 0.6) is 0 Å². The zero-order chi connectivity index (χ0) is 11.0. The molecule has 2 aliphatic rings. The molecule has 0 radical (unpaired) electrons. The number of hydrogen-bond donors (Lipinski definition) is 2. The van der Waals surface area contributed by atoms with Gasteiger partial charge in [-0.2, -0.15) is 0 Å². The summed E-state index contributed by atoms with van der Waals surface area (Å²) >= 11 is 5.99. The van der Waals surface area contributed by atoms with E-state index in [-0.39, 0.29) is 0 Å². The summed E-state index contributed by atoms with van der Waals surface area (Å²) in [6, 6.07) is 6.77. The van der Waals surface area contributed by atoms with Gasteiger partial charge >= 0.3 is 0 Å². The lowest BCUT2D eigenvalue weighted by molar-refractivity contribution is 0.438. The molecule has 4 heteroatoms. The summed E-state index contributed by atoms with van der Waals surface area (Å²) in [7, 11) is 0. The van der Waals surface area contributed by atoms with E-state index >= 15 is 0 Å². The second kappa shape index (κ2) is 4.15. The Balaban J connectivity index is 1.84. The highest BCUT2D eigenvalue weighted by Gasteiger charge is 2.26. The van der Waals surface area contributed by atoms with Gasteiger partial charge in [-0.15, -0.1) is 0 Å². The maximum atomic E-state index is 5.99. The molecule has 0 aromatic heterocycles. The van der Waals surface area contributed by atoms with Gasteiger partial charge in [-0.3, -0.25) is 0 Å². The van der Waals surface area contributed by atoms with Crippen molar-refractivity contribution in [3.8, 4) is 0 Å². The molecule has 0 unspecified atom stereocenters. The largest absolute Gasteiger partial charge is 0.366 e. The van der Waals surface area contributed by atoms with Crippen LogP contribution in [0, 0.1) is 0 Å². The summed E-state index contributed by atoms with van der Waals surface area (Å²) in [6.07, 6.45) is 2.45. The first-order valence-electron chi connectivity index (χ1n) is 5.85. The highest BCUT2D eigenvalue weighted by Crippen LogP contribution is 2.36. The number of nitrogens with zero attached hydrogens (tertiary/aromatic N) is 1. The zero-order valence-electron chi connectivity index (χ0n) is 9.17. The van der Waals surface area contributed by atoms with Gasteiger partial charge in [-0.05, 0) is 44.1 Å². The van der Waals surface area contributed by atoms with E-state index in [4.69, 9.17) is 11.6 Å². The predicted molar refractivity (Wildman–Crippen MR) is 68.3 cm³/mol. The Morgan fingerprint density at radius 1 is 1.25 bits per heavy atom. The topological polar surface area (TPSA) is 27.3 Å². The molecule has 0 amide bonds. The normalized spacial score (nSPS) is 20.7. The van der Waals surface area contributed by atoms with Crippen molar-refractivity contribution in [1.29, 1.82) is 0 Å². The van der Waals surface area contributed by atoms with Gasteiger partial charge in [0.15, 0.2) is 0 Å². The van der Waals surface area contributed by atoms with Gasteiger partial charge in [-0.1, -0.05) is 11.6 Å². The molecule has 16 heavy (non-hydrogen) atoms. The second-order valence-corrected chi connectivity index (χ2v) is 4.88. The average molecular weight is 238 g/mol. The summed E-state index contributed by atoms with van der Waals surface area (Å²) in [6.45, 7) is 3.18. The molecule has 0 aliphatic carbocycles. The van der Waals surface area contributed by atoms with Gasteiger partial charge in [0, 0.05) is 11.1 Å². The van der Waals surface area contributed by atoms with E-state index in [0.717, 1.165) is 24.8 Å². The molecular weight excluding hydrogens is 222 g/mol. The highest BCUT2D eigenvalue weighted by molar-refractivity contribution is 6.31. The third-order valence-electron chi connectivity index (χ3n) is 3.46. The molecular formula is C12H16ClN3. The number of piperidine rings is 1. The molecule has 3 nitrogen and oxygen atoms in total.